The summed E-state index contributed by atoms with van der Waals surface area (Å²) in [5.74, 6) is 1.04. The van der Waals surface area contributed by atoms with Crippen molar-refractivity contribution in [3.8, 4) is 29.3 Å². The third-order valence-corrected chi connectivity index (χ3v) is 4.28. The van der Waals surface area contributed by atoms with E-state index < -0.39 is 0 Å². The zero-order chi connectivity index (χ0) is 19.5. The second-order valence-corrected chi connectivity index (χ2v) is 6.24. The molecule has 0 spiro atoms. The van der Waals surface area contributed by atoms with Crippen LogP contribution >= 0.6 is 11.8 Å². The molecular formula is C18H19N5O3S. The number of nitrogens with zero attached hydrogens (tertiary/aromatic N) is 5. The molecule has 1 heterocycles. The summed E-state index contributed by atoms with van der Waals surface area (Å²) in [4.78, 5) is 13.8. The van der Waals surface area contributed by atoms with Crippen LogP contribution < -0.4 is 4.74 Å². The standard InChI is InChI=1S/C18H19N5O3S/c1-2-25-15-7-5-14(6-8-15)17-21-22-18(26-17)27-13-16(24)23(11-3-9-19)12-4-10-20/h5-8H,2-4,11-13H2,1H3. The van der Waals surface area contributed by atoms with Gasteiger partial charge in [0.15, 0.2) is 0 Å². The maximum atomic E-state index is 12.3. The van der Waals surface area contributed by atoms with Crippen LogP contribution in [0.15, 0.2) is 33.9 Å². The van der Waals surface area contributed by atoms with Crippen molar-refractivity contribution in [2.45, 2.75) is 25.0 Å². The molecule has 0 aliphatic heterocycles. The van der Waals surface area contributed by atoms with Gasteiger partial charge in [-0.05, 0) is 31.2 Å². The highest BCUT2D eigenvalue weighted by molar-refractivity contribution is 7.99. The molecule has 9 heteroatoms. The van der Waals surface area contributed by atoms with Gasteiger partial charge in [0.1, 0.15) is 5.75 Å². The minimum atomic E-state index is -0.175. The third kappa shape index (κ3) is 6.32. The number of hydrogen-bond donors (Lipinski definition) is 0. The number of carbonyl (C=O) groups is 1. The lowest BCUT2D eigenvalue weighted by molar-refractivity contribution is -0.128. The van der Waals surface area contributed by atoms with Gasteiger partial charge >= 0.3 is 0 Å². The Kier molecular flexibility index (Phi) is 8.14. The van der Waals surface area contributed by atoms with Crippen LogP contribution in [0.1, 0.15) is 19.8 Å². The molecule has 27 heavy (non-hydrogen) atoms. The lowest BCUT2D eigenvalue weighted by Gasteiger charge is -2.19. The second-order valence-electron chi connectivity index (χ2n) is 5.32. The molecule has 8 nitrogen and oxygen atoms in total. The van der Waals surface area contributed by atoms with E-state index in [2.05, 4.69) is 10.2 Å². The molecule has 1 amide bonds. The summed E-state index contributed by atoms with van der Waals surface area (Å²) in [5, 5.41) is 25.6. The van der Waals surface area contributed by atoms with E-state index in [1.54, 1.807) is 0 Å². The number of aromatic nitrogens is 2. The molecular weight excluding hydrogens is 366 g/mol. The molecule has 0 unspecified atom stereocenters. The summed E-state index contributed by atoms with van der Waals surface area (Å²) >= 11 is 1.13. The normalized spacial score (nSPS) is 10.0. The Balaban J connectivity index is 1.93. The van der Waals surface area contributed by atoms with Crippen LogP contribution in [-0.4, -0.2) is 46.5 Å². The smallest absolute Gasteiger partial charge is 0.277 e. The number of nitriles is 2. The monoisotopic (exact) mass is 385 g/mol. The third-order valence-electron chi connectivity index (χ3n) is 3.48. The molecule has 1 aromatic heterocycles. The van der Waals surface area contributed by atoms with Crippen molar-refractivity contribution < 1.29 is 13.9 Å². The highest BCUT2D eigenvalue weighted by Gasteiger charge is 2.16. The molecule has 0 atom stereocenters. The number of ether oxygens (including phenoxy) is 1. The maximum Gasteiger partial charge on any atom is 0.277 e. The average Bonchev–Trinajstić information content (AvgIpc) is 3.16. The van der Waals surface area contributed by atoms with Crippen molar-refractivity contribution in [1.82, 2.24) is 15.1 Å². The maximum absolute atomic E-state index is 12.3. The van der Waals surface area contributed by atoms with Gasteiger partial charge in [-0.3, -0.25) is 4.79 Å². The number of thioether (sulfide) groups is 1. The Bertz CT molecular complexity index is 805. The Morgan fingerprint density at radius 1 is 1.19 bits per heavy atom. The highest BCUT2D eigenvalue weighted by Crippen LogP contribution is 2.25. The molecule has 0 aliphatic rings. The van der Waals surface area contributed by atoms with Crippen LogP contribution in [0.3, 0.4) is 0 Å². The van der Waals surface area contributed by atoms with E-state index in [0.717, 1.165) is 23.1 Å². The molecule has 0 saturated heterocycles. The first-order chi connectivity index (χ1) is 13.2. The van der Waals surface area contributed by atoms with Crippen LogP contribution in [-0.2, 0) is 4.79 Å². The van der Waals surface area contributed by atoms with Gasteiger partial charge in [-0.1, -0.05) is 11.8 Å². The fourth-order valence-corrected chi connectivity index (χ4v) is 2.86. The molecule has 0 fully saturated rings. The van der Waals surface area contributed by atoms with Gasteiger partial charge in [0.25, 0.3) is 5.22 Å². The minimum Gasteiger partial charge on any atom is -0.494 e. The topological polar surface area (TPSA) is 116 Å². The van der Waals surface area contributed by atoms with Gasteiger partial charge < -0.3 is 14.1 Å². The zero-order valence-electron chi connectivity index (χ0n) is 14.9. The molecule has 0 bridgehead atoms. The minimum absolute atomic E-state index is 0.0990. The number of benzene rings is 1. The molecule has 2 aromatic rings. The average molecular weight is 385 g/mol. The summed E-state index contributed by atoms with van der Waals surface area (Å²) in [5.41, 5.74) is 0.758. The van der Waals surface area contributed by atoms with E-state index in [1.165, 1.54) is 4.90 Å². The van der Waals surface area contributed by atoms with Crippen LogP contribution in [0.25, 0.3) is 11.5 Å². The van der Waals surface area contributed by atoms with Crippen LogP contribution in [0.2, 0.25) is 0 Å². The number of rotatable bonds is 10. The van der Waals surface area contributed by atoms with Crippen molar-refractivity contribution in [3.05, 3.63) is 24.3 Å². The molecule has 0 saturated carbocycles. The molecule has 0 aliphatic carbocycles. The Morgan fingerprint density at radius 2 is 1.85 bits per heavy atom. The molecule has 0 radical (unpaired) electrons. The van der Waals surface area contributed by atoms with Gasteiger partial charge in [-0.25, -0.2) is 0 Å². The van der Waals surface area contributed by atoms with Crippen molar-refractivity contribution >= 4 is 17.7 Å². The fraction of sp³-hybridized carbons (Fsp3) is 0.389. The quantitative estimate of drug-likeness (QED) is 0.573. The predicted molar refractivity (Wildman–Crippen MR) is 98.7 cm³/mol. The van der Waals surface area contributed by atoms with Crippen LogP contribution in [0.4, 0.5) is 0 Å². The fourth-order valence-electron chi connectivity index (χ4n) is 2.19. The second kappa shape index (κ2) is 10.8. The van der Waals surface area contributed by atoms with E-state index in [4.69, 9.17) is 19.7 Å². The number of carbonyl (C=O) groups excluding carboxylic acids is 1. The Labute approximate surface area is 161 Å². The number of hydrogen-bond acceptors (Lipinski definition) is 8. The van der Waals surface area contributed by atoms with Gasteiger partial charge in [-0.15, -0.1) is 10.2 Å². The first-order valence-corrected chi connectivity index (χ1v) is 9.37. The van der Waals surface area contributed by atoms with Crippen LogP contribution in [0, 0.1) is 22.7 Å². The summed E-state index contributed by atoms with van der Waals surface area (Å²) in [6.45, 7) is 3.12. The molecule has 1 aromatic carbocycles. The highest BCUT2D eigenvalue weighted by atomic mass is 32.2. The van der Waals surface area contributed by atoms with Gasteiger partial charge in [0.05, 0.1) is 37.3 Å². The lowest BCUT2D eigenvalue weighted by Crippen LogP contribution is -2.34. The summed E-state index contributed by atoms with van der Waals surface area (Å²) in [6.07, 6.45) is 0.453. The van der Waals surface area contributed by atoms with Crippen molar-refractivity contribution in [2.75, 3.05) is 25.4 Å². The molecule has 140 valence electrons. The Morgan fingerprint density at radius 3 is 2.44 bits per heavy atom. The zero-order valence-corrected chi connectivity index (χ0v) is 15.7. The van der Waals surface area contributed by atoms with Crippen molar-refractivity contribution in [3.63, 3.8) is 0 Å². The van der Waals surface area contributed by atoms with Gasteiger partial charge in [0, 0.05) is 18.7 Å². The molecule has 2 rings (SSSR count). The van der Waals surface area contributed by atoms with E-state index >= 15 is 0 Å². The SMILES string of the molecule is CCOc1ccc(-c2nnc(SCC(=O)N(CCC#N)CCC#N)o2)cc1. The van der Waals surface area contributed by atoms with E-state index in [1.807, 2.05) is 43.3 Å². The largest absolute Gasteiger partial charge is 0.494 e. The van der Waals surface area contributed by atoms with E-state index in [0.29, 0.717) is 25.6 Å². The van der Waals surface area contributed by atoms with E-state index in [9.17, 15) is 4.79 Å². The van der Waals surface area contributed by atoms with E-state index in [-0.39, 0.29) is 29.7 Å². The summed E-state index contributed by atoms with van der Waals surface area (Å²) in [6, 6.07) is 11.3. The van der Waals surface area contributed by atoms with Gasteiger partial charge in [-0.2, -0.15) is 10.5 Å². The first-order valence-electron chi connectivity index (χ1n) is 8.39. The van der Waals surface area contributed by atoms with Gasteiger partial charge in [0.2, 0.25) is 11.8 Å². The first kappa shape index (κ1) is 20.3. The summed E-state index contributed by atoms with van der Waals surface area (Å²) < 4.78 is 11.0. The predicted octanol–water partition coefficient (Wildman–Crippen LogP) is 2.88. The summed E-state index contributed by atoms with van der Waals surface area (Å²) in [7, 11) is 0. The van der Waals surface area contributed by atoms with Crippen molar-refractivity contribution in [2.24, 2.45) is 0 Å². The molecule has 0 N–H and O–H groups in total. The Hall–Kier alpha value is -3.04. The van der Waals surface area contributed by atoms with Crippen LogP contribution in [0.5, 0.6) is 5.75 Å². The number of amides is 1. The lowest BCUT2D eigenvalue weighted by atomic mass is 10.2. The van der Waals surface area contributed by atoms with Crippen molar-refractivity contribution in [1.29, 1.82) is 10.5 Å².